The molecule has 0 saturated heterocycles. The van der Waals surface area contributed by atoms with E-state index in [0.717, 1.165) is 18.7 Å². The number of ether oxygens (including phenoxy) is 1. The molecule has 0 aliphatic carbocycles. The van der Waals surface area contributed by atoms with Gasteiger partial charge in [0.1, 0.15) is 0 Å². The average molecular weight is 196 g/mol. The Bertz CT molecular complexity index is 302. The van der Waals surface area contributed by atoms with E-state index in [9.17, 15) is 0 Å². The van der Waals surface area contributed by atoms with E-state index >= 15 is 0 Å². The van der Waals surface area contributed by atoms with Crippen molar-refractivity contribution in [1.29, 1.82) is 0 Å². The van der Waals surface area contributed by atoms with Crippen LogP contribution in [0.1, 0.15) is 31.7 Å². The van der Waals surface area contributed by atoms with Gasteiger partial charge in [0.15, 0.2) is 0 Å². The maximum atomic E-state index is 5.37. The average Bonchev–Trinajstić information content (AvgIpc) is 2.45. The minimum atomic E-state index is -0.0510. The van der Waals surface area contributed by atoms with Gasteiger partial charge in [-0.05, 0) is 34.1 Å². The Hall–Kier alpha value is -0.830. The van der Waals surface area contributed by atoms with Crippen molar-refractivity contribution in [1.82, 2.24) is 9.55 Å². The molecule has 1 aromatic rings. The molecule has 0 amide bonds. The predicted octanol–water partition coefficient (Wildman–Crippen LogP) is 2.32. The second kappa shape index (κ2) is 4.13. The monoisotopic (exact) mass is 196 g/mol. The summed E-state index contributed by atoms with van der Waals surface area (Å²) >= 11 is 0. The van der Waals surface area contributed by atoms with Gasteiger partial charge in [-0.1, -0.05) is 0 Å². The Morgan fingerprint density at radius 3 is 2.50 bits per heavy atom. The van der Waals surface area contributed by atoms with Gasteiger partial charge in [0.2, 0.25) is 0 Å². The van der Waals surface area contributed by atoms with Crippen LogP contribution in [0.4, 0.5) is 0 Å². The van der Waals surface area contributed by atoms with Crippen molar-refractivity contribution in [3.63, 3.8) is 0 Å². The smallest absolute Gasteiger partial charge is 0.0951 e. The van der Waals surface area contributed by atoms with Crippen LogP contribution < -0.4 is 0 Å². The molecule has 0 spiro atoms. The number of rotatable bonds is 4. The van der Waals surface area contributed by atoms with Gasteiger partial charge in [-0.25, -0.2) is 4.98 Å². The summed E-state index contributed by atoms with van der Waals surface area (Å²) in [6, 6.07) is 0. The van der Waals surface area contributed by atoms with Crippen LogP contribution >= 0.6 is 0 Å². The summed E-state index contributed by atoms with van der Waals surface area (Å²) in [7, 11) is 1.76. The third-order valence-electron chi connectivity index (χ3n) is 2.85. The van der Waals surface area contributed by atoms with E-state index in [1.54, 1.807) is 7.11 Å². The van der Waals surface area contributed by atoms with Crippen molar-refractivity contribution in [2.45, 2.75) is 46.3 Å². The molecule has 1 aromatic heterocycles. The first-order valence-electron chi connectivity index (χ1n) is 5.00. The van der Waals surface area contributed by atoms with Gasteiger partial charge in [0.05, 0.1) is 17.6 Å². The van der Waals surface area contributed by atoms with E-state index in [0.29, 0.717) is 0 Å². The fourth-order valence-electron chi connectivity index (χ4n) is 1.26. The Morgan fingerprint density at radius 2 is 2.07 bits per heavy atom. The maximum absolute atomic E-state index is 5.37. The number of aromatic nitrogens is 2. The van der Waals surface area contributed by atoms with E-state index in [1.807, 2.05) is 13.3 Å². The number of nitrogens with zero attached hydrogens (tertiary/aromatic N) is 2. The van der Waals surface area contributed by atoms with Crippen molar-refractivity contribution >= 4 is 0 Å². The second-order valence-corrected chi connectivity index (χ2v) is 4.32. The van der Waals surface area contributed by atoms with Crippen LogP contribution in [0.25, 0.3) is 0 Å². The van der Waals surface area contributed by atoms with Crippen LogP contribution in [-0.2, 0) is 11.3 Å². The highest BCUT2D eigenvalue weighted by molar-refractivity contribution is 5.08. The second-order valence-electron chi connectivity index (χ2n) is 4.32. The first kappa shape index (κ1) is 11.2. The summed E-state index contributed by atoms with van der Waals surface area (Å²) in [6.07, 6.45) is 2.90. The molecule has 0 aliphatic rings. The zero-order chi connectivity index (χ0) is 10.8. The molecule has 0 unspecified atom stereocenters. The highest BCUT2D eigenvalue weighted by Crippen LogP contribution is 2.15. The zero-order valence-electron chi connectivity index (χ0n) is 9.79. The number of hydrogen-bond donors (Lipinski definition) is 0. The van der Waals surface area contributed by atoms with Crippen LogP contribution in [0.5, 0.6) is 0 Å². The lowest BCUT2D eigenvalue weighted by Gasteiger charge is -2.23. The molecule has 1 rings (SSSR count). The Morgan fingerprint density at radius 1 is 1.43 bits per heavy atom. The van der Waals surface area contributed by atoms with Crippen LogP contribution in [0.15, 0.2) is 6.33 Å². The normalized spacial score (nSPS) is 12.1. The van der Waals surface area contributed by atoms with Gasteiger partial charge in [-0.3, -0.25) is 0 Å². The summed E-state index contributed by atoms with van der Waals surface area (Å²) in [5.41, 5.74) is 2.31. The number of imidazole rings is 1. The minimum absolute atomic E-state index is 0.0510. The molecule has 0 bridgehead atoms. The van der Waals surface area contributed by atoms with E-state index in [4.69, 9.17) is 4.74 Å². The first-order valence-corrected chi connectivity index (χ1v) is 5.00. The van der Waals surface area contributed by atoms with E-state index < -0.39 is 0 Å². The summed E-state index contributed by atoms with van der Waals surface area (Å²) in [6.45, 7) is 9.31. The Balaban J connectivity index is 2.58. The molecule has 80 valence electrons. The van der Waals surface area contributed by atoms with E-state index in [2.05, 4.69) is 30.3 Å². The van der Waals surface area contributed by atoms with Gasteiger partial charge in [-0.15, -0.1) is 0 Å². The van der Waals surface area contributed by atoms with Gasteiger partial charge in [0, 0.05) is 19.3 Å². The highest BCUT2D eigenvalue weighted by Gasteiger charge is 2.16. The number of aryl methyl sites for hydroxylation is 2. The third-order valence-corrected chi connectivity index (χ3v) is 2.85. The molecule has 3 heteroatoms. The largest absolute Gasteiger partial charge is 0.379 e. The lowest BCUT2D eigenvalue weighted by atomic mass is 10.1. The number of methoxy groups -OCH3 is 1. The molecule has 0 radical (unpaired) electrons. The summed E-state index contributed by atoms with van der Waals surface area (Å²) in [5.74, 6) is 0. The minimum Gasteiger partial charge on any atom is -0.379 e. The molecule has 0 N–H and O–H groups in total. The standard InChI is InChI=1S/C11H20N2O/c1-9-10(2)13(8-12-9)7-6-11(3,4)14-5/h8H,6-7H2,1-5H3. The quantitative estimate of drug-likeness (QED) is 0.739. The first-order chi connectivity index (χ1) is 6.46. The van der Waals surface area contributed by atoms with Gasteiger partial charge < -0.3 is 9.30 Å². The Kier molecular flexibility index (Phi) is 3.32. The van der Waals surface area contributed by atoms with Crippen LogP contribution in [-0.4, -0.2) is 22.3 Å². The van der Waals surface area contributed by atoms with Gasteiger partial charge in [-0.2, -0.15) is 0 Å². The van der Waals surface area contributed by atoms with Crippen molar-refractivity contribution in [3.05, 3.63) is 17.7 Å². The van der Waals surface area contributed by atoms with Crippen molar-refractivity contribution in [2.24, 2.45) is 0 Å². The van der Waals surface area contributed by atoms with Crippen LogP contribution in [0.2, 0.25) is 0 Å². The van der Waals surface area contributed by atoms with Gasteiger partial charge in [0.25, 0.3) is 0 Å². The summed E-state index contributed by atoms with van der Waals surface area (Å²) in [4.78, 5) is 4.26. The number of hydrogen-bond acceptors (Lipinski definition) is 2. The zero-order valence-corrected chi connectivity index (χ0v) is 9.79. The fourth-order valence-corrected chi connectivity index (χ4v) is 1.26. The van der Waals surface area contributed by atoms with E-state index in [1.165, 1.54) is 5.69 Å². The van der Waals surface area contributed by atoms with Crippen molar-refractivity contribution in [2.75, 3.05) is 7.11 Å². The van der Waals surface area contributed by atoms with Crippen LogP contribution in [0, 0.1) is 13.8 Å². The fraction of sp³-hybridized carbons (Fsp3) is 0.727. The van der Waals surface area contributed by atoms with E-state index in [-0.39, 0.29) is 5.60 Å². The lowest BCUT2D eigenvalue weighted by molar-refractivity contribution is 0.0119. The molecule has 0 aromatic carbocycles. The van der Waals surface area contributed by atoms with Gasteiger partial charge >= 0.3 is 0 Å². The SMILES string of the molecule is COC(C)(C)CCn1cnc(C)c1C. The van der Waals surface area contributed by atoms with Crippen molar-refractivity contribution in [3.8, 4) is 0 Å². The molecule has 0 fully saturated rings. The molecular weight excluding hydrogens is 176 g/mol. The van der Waals surface area contributed by atoms with Crippen LogP contribution in [0.3, 0.4) is 0 Å². The maximum Gasteiger partial charge on any atom is 0.0951 e. The lowest BCUT2D eigenvalue weighted by Crippen LogP contribution is -2.24. The Labute approximate surface area is 86.1 Å². The van der Waals surface area contributed by atoms with Crippen molar-refractivity contribution < 1.29 is 4.74 Å². The summed E-state index contributed by atoms with van der Waals surface area (Å²) < 4.78 is 7.55. The molecule has 0 saturated carbocycles. The molecule has 0 aliphatic heterocycles. The molecule has 0 atom stereocenters. The molecule has 1 heterocycles. The topological polar surface area (TPSA) is 27.1 Å². The molecule has 14 heavy (non-hydrogen) atoms. The molecule has 3 nitrogen and oxygen atoms in total. The third kappa shape index (κ3) is 2.58. The summed E-state index contributed by atoms with van der Waals surface area (Å²) in [5, 5.41) is 0. The predicted molar refractivity (Wildman–Crippen MR) is 57.4 cm³/mol. The highest BCUT2D eigenvalue weighted by atomic mass is 16.5. The molecular formula is C11H20N2O.